The van der Waals surface area contributed by atoms with Crippen molar-refractivity contribution >= 4 is 5.91 Å². The first-order chi connectivity index (χ1) is 12.6. The van der Waals surface area contributed by atoms with Gasteiger partial charge in [0, 0.05) is 49.8 Å². The number of nitrogens with two attached hydrogens (primary N) is 1. The van der Waals surface area contributed by atoms with Crippen molar-refractivity contribution in [3.8, 4) is 0 Å². The van der Waals surface area contributed by atoms with E-state index in [1.54, 1.807) is 0 Å². The molecule has 1 aromatic carbocycles. The maximum atomic E-state index is 12.8. The normalized spacial score (nSPS) is 19.2. The summed E-state index contributed by atoms with van der Waals surface area (Å²) in [4.78, 5) is 14.8. The van der Waals surface area contributed by atoms with Crippen LogP contribution < -0.4 is 11.1 Å². The minimum absolute atomic E-state index is 0.0310. The Bertz CT molecular complexity index is 791. The van der Waals surface area contributed by atoms with Gasteiger partial charge in [0.05, 0.1) is 5.69 Å². The van der Waals surface area contributed by atoms with Crippen LogP contribution >= 0.6 is 0 Å². The highest BCUT2D eigenvalue weighted by Crippen LogP contribution is 2.32. The average Bonchev–Trinajstić information content (AvgIpc) is 3.11. The Morgan fingerprint density at radius 2 is 2.08 bits per heavy atom. The quantitative estimate of drug-likeness (QED) is 0.785. The number of piperidine rings is 1. The zero-order valence-corrected chi connectivity index (χ0v) is 15.3. The van der Waals surface area contributed by atoms with Gasteiger partial charge >= 0.3 is 0 Å². The van der Waals surface area contributed by atoms with Gasteiger partial charge in [-0.2, -0.15) is 5.10 Å². The number of amides is 1. The van der Waals surface area contributed by atoms with Crippen LogP contribution in [0, 0.1) is 6.92 Å². The second kappa shape index (κ2) is 7.21. The Morgan fingerprint density at radius 3 is 2.85 bits per heavy atom. The number of carbonyl (C=O) groups is 1. The lowest BCUT2D eigenvalue weighted by Gasteiger charge is -2.33. The Kier molecular flexibility index (Phi) is 4.78. The Balaban J connectivity index is 1.41. The van der Waals surface area contributed by atoms with Gasteiger partial charge in [0.15, 0.2) is 0 Å². The molecule has 6 nitrogen and oxygen atoms in total. The fourth-order valence-corrected chi connectivity index (χ4v) is 4.22. The smallest absolute Gasteiger partial charge is 0.244 e. The zero-order chi connectivity index (χ0) is 18.1. The van der Waals surface area contributed by atoms with Crippen molar-refractivity contribution in [1.29, 1.82) is 0 Å². The van der Waals surface area contributed by atoms with Crippen LogP contribution in [0.3, 0.4) is 0 Å². The number of nitrogens with one attached hydrogen (secondary N) is 2. The predicted molar refractivity (Wildman–Crippen MR) is 101 cm³/mol. The highest BCUT2D eigenvalue weighted by atomic mass is 16.2. The number of H-pyrrole nitrogens is 1. The minimum Gasteiger partial charge on any atom is -0.341 e. The van der Waals surface area contributed by atoms with Crippen molar-refractivity contribution in [2.45, 2.75) is 44.7 Å². The standard InChI is InChI=1S/C20H27N5O/c1-13-4-2-3-5-15(13)18(21)20(26)25-10-7-14(8-11-25)19-16-12-22-9-6-17(16)23-24-19/h2-5,14,18,22H,6-12,21H2,1H3,(H,23,24). The summed E-state index contributed by atoms with van der Waals surface area (Å²) in [5.74, 6) is 0.456. The molecule has 2 aliphatic rings. The number of aromatic nitrogens is 2. The van der Waals surface area contributed by atoms with Gasteiger partial charge in [0.1, 0.15) is 6.04 Å². The molecule has 1 fully saturated rings. The summed E-state index contributed by atoms with van der Waals surface area (Å²) >= 11 is 0. The predicted octanol–water partition coefficient (Wildman–Crippen LogP) is 1.77. The molecule has 26 heavy (non-hydrogen) atoms. The van der Waals surface area contributed by atoms with Crippen LogP contribution in [-0.2, 0) is 17.8 Å². The Hall–Kier alpha value is -2.18. The van der Waals surface area contributed by atoms with Crippen LogP contribution in [0.5, 0.6) is 0 Å². The van der Waals surface area contributed by atoms with Gasteiger partial charge in [-0.15, -0.1) is 0 Å². The zero-order valence-electron chi connectivity index (χ0n) is 15.3. The molecule has 2 aliphatic heterocycles. The van der Waals surface area contributed by atoms with E-state index in [1.807, 2.05) is 36.1 Å². The summed E-state index contributed by atoms with van der Waals surface area (Å²) < 4.78 is 0. The van der Waals surface area contributed by atoms with Crippen molar-refractivity contribution in [2.24, 2.45) is 5.73 Å². The number of hydrogen-bond donors (Lipinski definition) is 3. The van der Waals surface area contributed by atoms with Gasteiger partial charge in [-0.3, -0.25) is 9.89 Å². The van der Waals surface area contributed by atoms with E-state index in [9.17, 15) is 4.79 Å². The maximum Gasteiger partial charge on any atom is 0.244 e. The third-order valence-electron chi connectivity index (χ3n) is 5.82. The first-order valence-corrected chi connectivity index (χ1v) is 9.51. The van der Waals surface area contributed by atoms with Gasteiger partial charge in [-0.05, 0) is 30.9 Å². The molecule has 1 unspecified atom stereocenters. The number of hydrogen-bond acceptors (Lipinski definition) is 4. The lowest BCUT2D eigenvalue weighted by molar-refractivity contribution is -0.133. The molecular formula is C20H27N5O. The topological polar surface area (TPSA) is 87.0 Å². The van der Waals surface area contributed by atoms with Crippen LogP contribution in [-0.4, -0.2) is 40.6 Å². The van der Waals surface area contributed by atoms with Crippen molar-refractivity contribution in [2.75, 3.05) is 19.6 Å². The van der Waals surface area contributed by atoms with E-state index in [0.717, 1.165) is 56.6 Å². The van der Waals surface area contributed by atoms with Gasteiger partial charge in [-0.1, -0.05) is 24.3 Å². The Labute approximate surface area is 154 Å². The summed E-state index contributed by atoms with van der Waals surface area (Å²) in [5.41, 5.74) is 12.1. The van der Waals surface area contributed by atoms with Crippen LogP contribution in [0.2, 0.25) is 0 Å². The third kappa shape index (κ3) is 3.15. The first kappa shape index (κ1) is 17.2. The summed E-state index contributed by atoms with van der Waals surface area (Å²) in [6, 6.07) is 7.30. The Morgan fingerprint density at radius 1 is 1.31 bits per heavy atom. The molecule has 0 saturated carbocycles. The van der Waals surface area contributed by atoms with Crippen LogP contribution in [0.1, 0.15) is 52.9 Å². The largest absolute Gasteiger partial charge is 0.341 e. The molecule has 4 rings (SSSR count). The molecule has 2 aromatic rings. The molecule has 1 saturated heterocycles. The highest BCUT2D eigenvalue weighted by Gasteiger charge is 2.31. The van der Waals surface area contributed by atoms with E-state index in [0.29, 0.717) is 5.92 Å². The van der Waals surface area contributed by atoms with Crippen molar-refractivity contribution in [1.82, 2.24) is 20.4 Å². The number of aromatic amines is 1. The number of benzene rings is 1. The van der Waals surface area contributed by atoms with E-state index in [2.05, 4.69) is 15.5 Å². The number of fused-ring (bicyclic) bond motifs is 1. The number of carbonyl (C=O) groups excluding carboxylic acids is 1. The van der Waals surface area contributed by atoms with E-state index in [-0.39, 0.29) is 5.91 Å². The molecule has 0 aliphatic carbocycles. The van der Waals surface area contributed by atoms with E-state index < -0.39 is 6.04 Å². The molecule has 6 heteroatoms. The molecular weight excluding hydrogens is 326 g/mol. The third-order valence-corrected chi connectivity index (χ3v) is 5.82. The molecule has 0 spiro atoms. The van der Waals surface area contributed by atoms with E-state index in [4.69, 9.17) is 5.73 Å². The minimum atomic E-state index is -0.574. The van der Waals surface area contributed by atoms with Crippen LogP contribution in [0.25, 0.3) is 0 Å². The van der Waals surface area contributed by atoms with Gasteiger partial charge in [0.25, 0.3) is 0 Å². The number of nitrogens with zero attached hydrogens (tertiary/aromatic N) is 2. The van der Waals surface area contributed by atoms with E-state index in [1.165, 1.54) is 17.0 Å². The maximum absolute atomic E-state index is 12.8. The first-order valence-electron chi connectivity index (χ1n) is 9.51. The van der Waals surface area contributed by atoms with Gasteiger partial charge in [0.2, 0.25) is 5.91 Å². The van der Waals surface area contributed by atoms with Crippen molar-refractivity contribution in [3.63, 3.8) is 0 Å². The van der Waals surface area contributed by atoms with Gasteiger partial charge in [-0.25, -0.2) is 0 Å². The fourth-order valence-electron chi connectivity index (χ4n) is 4.22. The number of rotatable bonds is 3. The van der Waals surface area contributed by atoms with Crippen LogP contribution in [0.15, 0.2) is 24.3 Å². The van der Waals surface area contributed by atoms with Crippen molar-refractivity contribution < 1.29 is 4.79 Å². The molecule has 1 amide bonds. The molecule has 1 aromatic heterocycles. The van der Waals surface area contributed by atoms with Crippen molar-refractivity contribution in [3.05, 3.63) is 52.3 Å². The molecule has 138 valence electrons. The fraction of sp³-hybridized carbons (Fsp3) is 0.500. The number of aryl methyl sites for hydroxylation is 1. The summed E-state index contributed by atoms with van der Waals surface area (Å²) in [7, 11) is 0. The molecule has 0 bridgehead atoms. The summed E-state index contributed by atoms with van der Waals surface area (Å²) in [6.45, 7) is 5.41. The average molecular weight is 353 g/mol. The molecule has 0 radical (unpaired) electrons. The molecule has 3 heterocycles. The molecule has 4 N–H and O–H groups in total. The number of likely N-dealkylation sites (tertiary alicyclic amines) is 1. The molecule has 1 atom stereocenters. The highest BCUT2D eigenvalue weighted by molar-refractivity contribution is 5.83. The van der Waals surface area contributed by atoms with Crippen LogP contribution in [0.4, 0.5) is 0 Å². The second-order valence-electron chi connectivity index (χ2n) is 7.43. The lowest BCUT2D eigenvalue weighted by Crippen LogP contribution is -2.43. The summed E-state index contributed by atoms with van der Waals surface area (Å²) in [6.07, 6.45) is 2.91. The van der Waals surface area contributed by atoms with E-state index >= 15 is 0 Å². The SMILES string of the molecule is Cc1ccccc1C(N)C(=O)N1CCC(c2n[nH]c3c2CNCC3)CC1. The van der Waals surface area contributed by atoms with Gasteiger partial charge < -0.3 is 16.0 Å². The lowest BCUT2D eigenvalue weighted by atomic mass is 9.89. The second-order valence-corrected chi connectivity index (χ2v) is 7.43. The summed E-state index contributed by atoms with van der Waals surface area (Å²) in [5, 5.41) is 11.2. The monoisotopic (exact) mass is 353 g/mol.